The minimum absolute atomic E-state index is 0.196. The molecule has 0 aliphatic rings. The normalized spacial score (nSPS) is 12.0. The first kappa shape index (κ1) is 21.0. The summed E-state index contributed by atoms with van der Waals surface area (Å²) in [5.41, 5.74) is 6.01. The average Bonchev–Trinajstić information content (AvgIpc) is 2.56. The van der Waals surface area contributed by atoms with Crippen molar-refractivity contribution in [3.05, 3.63) is 29.8 Å². The van der Waals surface area contributed by atoms with Crippen LogP contribution in [0, 0.1) is 0 Å². The van der Waals surface area contributed by atoms with Crippen molar-refractivity contribution >= 4 is 11.9 Å². The van der Waals surface area contributed by atoms with Gasteiger partial charge in [-0.3, -0.25) is 9.59 Å². The highest BCUT2D eigenvalue weighted by Gasteiger charge is 2.16. The fraction of sp³-hybridized carbons (Fsp3) is 0.579. The van der Waals surface area contributed by atoms with E-state index in [9.17, 15) is 9.59 Å². The van der Waals surface area contributed by atoms with Crippen molar-refractivity contribution in [3.63, 3.8) is 0 Å². The lowest BCUT2D eigenvalue weighted by Crippen LogP contribution is -2.38. The molecule has 1 aromatic rings. The van der Waals surface area contributed by atoms with Gasteiger partial charge in [0.1, 0.15) is 18.5 Å². The Morgan fingerprint density at radius 2 is 1.88 bits per heavy atom. The van der Waals surface area contributed by atoms with Gasteiger partial charge in [-0.05, 0) is 24.1 Å². The fourth-order valence-electron chi connectivity index (χ4n) is 2.16. The number of ether oxygens (including phenoxy) is 2. The van der Waals surface area contributed by atoms with Gasteiger partial charge in [-0.15, -0.1) is 0 Å². The molecule has 0 saturated heterocycles. The van der Waals surface area contributed by atoms with Crippen LogP contribution in [-0.4, -0.2) is 37.2 Å². The van der Waals surface area contributed by atoms with Gasteiger partial charge in [-0.2, -0.15) is 0 Å². The number of rotatable bonds is 12. The van der Waals surface area contributed by atoms with Crippen molar-refractivity contribution in [2.24, 2.45) is 5.73 Å². The number of amides is 1. The van der Waals surface area contributed by atoms with Crippen molar-refractivity contribution < 1.29 is 19.1 Å². The molecule has 0 bridgehead atoms. The number of nitrogens with one attached hydrogen (secondary N) is 1. The quantitative estimate of drug-likeness (QED) is 0.564. The highest BCUT2D eigenvalue weighted by Crippen LogP contribution is 2.13. The number of carbonyl (C=O) groups is 2. The first-order valence-corrected chi connectivity index (χ1v) is 8.83. The van der Waals surface area contributed by atoms with Gasteiger partial charge in [-0.25, -0.2) is 0 Å². The Bertz CT molecular complexity index is 529. The summed E-state index contributed by atoms with van der Waals surface area (Å²) in [7, 11) is 0. The summed E-state index contributed by atoms with van der Waals surface area (Å²) in [4.78, 5) is 22.8. The van der Waals surface area contributed by atoms with Crippen LogP contribution in [0.2, 0.25) is 0 Å². The second kappa shape index (κ2) is 11.5. The van der Waals surface area contributed by atoms with Gasteiger partial charge in [0.05, 0.1) is 6.42 Å². The van der Waals surface area contributed by atoms with Crippen molar-refractivity contribution in [2.45, 2.75) is 58.6 Å². The number of carbonyl (C=O) groups excluding carboxylic acids is 2. The Balaban J connectivity index is 2.54. The molecule has 3 N–H and O–H groups in total. The Kier molecular flexibility index (Phi) is 9.62. The summed E-state index contributed by atoms with van der Waals surface area (Å²) in [5, 5.41) is 3.27. The standard InChI is InChI=1S/C19H30N2O4/c1-4-5-6-19(23)25-17(12-21-14(2)3)13-24-16-9-7-15(8-10-16)11-18(20)22/h7-10,14,17,21H,4-6,11-13H2,1-3H3,(H2,20,22). The maximum Gasteiger partial charge on any atom is 0.306 e. The lowest BCUT2D eigenvalue weighted by atomic mass is 10.1. The lowest BCUT2D eigenvalue weighted by molar-refractivity contribution is -0.150. The molecule has 1 rings (SSSR count). The van der Waals surface area contributed by atoms with Crippen molar-refractivity contribution in [1.29, 1.82) is 0 Å². The number of hydrogen-bond donors (Lipinski definition) is 2. The Hall–Kier alpha value is -2.08. The zero-order chi connectivity index (χ0) is 18.7. The molecule has 1 aromatic carbocycles. The van der Waals surface area contributed by atoms with Gasteiger partial charge in [0.15, 0.2) is 0 Å². The van der Waals surface area contributed by atoms with E-state index in [1.165, 1.54) is 0 Å². The maximum atomic E-state index is 11.9. The number of esters is 1. The molecule has 6 nitrogen and oxygen atoms in total. The summed E-state index contributed by atoms with van der Waals surface area (Å²) in [6.07, 6.45) is 2.06. The van der Waals surface area contributed by atoms with Crippen LogP contribution in [0.25, 0.3) is 0 Å². The molecule has 0 spiro atoms. The van der Waals surface area contributed by atoms with E-state index in [2.05, 4.69) is 5.32 Å². The highest BCUT2D eigenvalue weighted by atomic mass is 16.6. The van der Waals surface area contributed by atoms with Gasteiger partial charge in [0, 0.05) is 19.0 Å². The van der Waals surface area contributed by atoms with E-state index in [1.54, 1.807) is 24.3 Å². The molecule has 25 heavy (non-hydrogen) atoms. The smallest absolute Gasteiger partial charge is 0.306 e. The second-order valence-electron chi connectivity index (χ2n) is 6.38. The number of unbranched alkanes of at least 4 members (excludes halogenated alkanes) is 1. The minimum atomic E-state index is -0.368. The number of nitrogens with two attached hydrogens (primary N) is 1. The molecule has 1 atom stereocenters. The van der Waals surface area contributed by atoms with Crippen LogP contribution >= 0.6 is 0 Å². The molecular formula is C19H30N2O4. The van der Waals surface area contributed by atoms with E-state index >= 15 is 0 Å². The molecule has 140 valence electrons. The Labute approximate surface area is 150 Å². The van der Waals surface area contributed by atoms with Crippen LogP contribution in [0.3, 0.4) is 0 Å². The van der Waals surface area contributed by atoms with Crippen LogP contribution < -0.4 is 15.8 Å². The predicted octanol–water partition coefficient (Wildman–Crippen LogP) is 2.19. The lowest BCUT2D eigenvalue weighted by Gasteiger charge is -2.20. The molecule has 1 unspecified atom stereocenters. The molecule has 0 aromatic heterocycles. The predicted molar refractivity (Wildman–Crippen MR) is 97.4 cm³/mol. The number of primary amides is 1. The monoisotopic (exact) mass is 350 g/mol. The molecule has 0 fully saturated rings. The highest BCUT2D eigenvalue weighted by molar-refractivity contribution is 5.76. The first-order chi connectivity index (χ1) is 11.9. The summed E-state index contributed by atoms with van der Waals surface area (Å²) in [5.74, 6) is 0.0951. The number of hydrogen-bond acceptors (Lipinski definition) is 5. The van der Waals surface area contributed by atoms with Crippen LogP contribution in [0.1, 0.15) is 45.6 Å². The van der Waals surface area contributed by atoms with Crippen molar-refractivity contribution in [1.82, 2.24) is 5.32 Å². The molecular weight excluding hydrogens is 320 g/mol. The molecule has 0 radical (unpaired) electrons. The van der Waals surface area contributed by atoms with E-state index in [-0.39, 0.29) is 31.0 Å². The molecule has 0 aliphatic carbocycles. The van der Waals surface area contributed by atoms with Gasteiger partial charge in [0.2, 0.25) is 5.91 Å². The summed E-state index contributed by atoms with van der Waals surface area (Å²) < 4.78 is 11.2. The molecule has 1 amide bonds. The van der Waals surface area contributed by atoms with E-state index in [1.807, 2.05) is 20.8 Å². The van der Waals surface area contributed by atoms with Crippen LogP contribution in [-0.2, 0) is 20.7 Å². The average molecular weight is 350 g/mol. The van der Waals surface area contributed by atoms with E-state index < -0.39 is 0 Å². The largest absolute Gasteiger partial charge is 0.490 e. The maximum absolute atomic E-state index is 11.9. The van der Waals surface area contributed by atoms with Crippen molar-refractivity contribution in [3.8, 4) is 5.75 Å². The third-order valence-electron chi connectivity index (χ3n) is 3.52. The van der Waals surface area contributed by atoms with Gasteiger partial charge < -0.3 is 20.5 Å². The zero-order valence-corrected chi connectivity index (χ0v) is 15.4. The summed E-state index contributed by atoms with van der Waals surface area (Å²) in [6.45, 7) is 6.92. The van der Waals surface area contributed by atoms with Crippen LogP contribution in [0.15, 0.2) is 24.3 Å². The molecule has 6 heteroatoms. The topological polar surface area (TPSA) is 90.7 Å². The van der Waals surface area contributed by atoms with Gasteiger partial charge >= 0.3 is 5.97 Å². The van der Waals surface area contributed by atoms with Crippen molar-refractivity contribution in [2.75, 3.05) is 13.2 Å². The Morgan fingerprint density at radius 1 is 1.20 bits per heavy atom. The van der Waals surface area contributed by atoms with Crippen LogP contribution in [0.4, 0.5) is 0 Å². The second-order valence-corrected chi connectivity index (χ2v) is 6.38. The SMILES string of the molecule is CCCCC(=O)OC(CNC(C)C)COc1ccc(CC(N)=O)cc1. The summed E-state index contributed by atoms with van der Waals surface area (Å²) >= 11 is 0. The van der Waals surface area contributed by atoms with Gasteiger partial charge in [0.25, 0.3) is 0 Å². The van der Waals surface area contributed by atoms with Crippen LogP contribution in [0.5, 0.6) is 5.75 Å². The molecule has 0 aliphatic heterocycles. The minimum Gasteiger partial charge on any atom is -0.490 e. The Morgan fingerprint density at radius 3 is 2.44 bits per heavy atom. The third-order valence-corrected chi connectivity index (χ3v) is 3.52. The van der Waals surface area contributed by atoms with Gasteiger partial charge in [-0.1, -0.05) is 39.3 Å². The van der Waals surface area contributed by atoms with E-state index in [0.29, 0.717) is 24.8 Å². The first-order valence-electron chi connectivity index (χ1n) is 8.83. The molecule has 0 saturated carbocycles. The number of benzene rings is 1. The fourth-order valence-corrected chi connectivity index (χ4v) is 2.16. The van der Waals surface area contributed by atoms with E-state index in [4.69, 9.17) is 15.2 Å². The zero-order valence-electron chi connectivity index (χ0n) is 15.4. The van der Waals surface area contributed by atoms with E-state index in [0.717, 1.165) is 18.4 Å². The third kappa shape index (κ3) is 9.72. The summed E-state index contributed by atoms with van der Waals surface area (Å²) in [6, 6.07) is 7.46. The molecule has 0 heterocycles.